The van der Waals surface area contributed by atoms with Crippen LogP contribution in [-0.2, 0) is 24.2 Å². The largest absolute Gasteiger partial charge is 0.492 e. The molecule has 126 valence electrons. The molecule has 2 aromatic rings. The van der Waals surface area contributed by atoms with Gasteiger partial charge in [0.05, 0.1) is 11.6 Å². The van der Waals surface area contributed by atoms with Crippen LogP contribution in [0.2, 0.25) is 0 Å². The predicted molar refractivity (Wildman–Crippen MR) is 94.5 cm³/mol. The van der Waals surface area contributed by atoms with Gasteiger partial charge in [-0.25, -0.2) is 4.98 Å². The summed E-state index contributed by atoms with van der Waals surface area (Å²) in [6.07, 6.45) is 1.69. The number of hydrogen-bond donors (Lipinski definition) is 1. The molecule has 0 bridgehead atoms. The SMILES string of the molecule is CCN1CCc2nc(NC(=O)[C@@H]3COc4ccccc4C3)sc2C1. The number of likely N-dealkylation sites (N-methyl/N-ethyl adjacent to an activating group) is 1. The van der Waals surface area contributed by atoms with E-state index in [4.69, 9.17) is 4.74 Å². The number of carbonyl (C=O) groups excluding carboxylic acids is 1. The van der Waals surface area contributed by atoms with Crippen LogP contribution in [0.3, 0.4) is 0 Å². The van der Waals surface area contributed by atoms with Gasteiger partial charge in [-0.2, -0.15) is 0 Å². The summed E-state index contributed by atoms with van der Waals surface area (Å²) in [6.45, 7) is 5.65. The monoisotopic (exact) mass is 343 g/mol. The molecule has 0 aliphatic carbocycles. The number of nitrogens with one attached hydrogen (secondary N) is 1. The van der Waals surface area contributed by atoms with Gasteiger partial charge in [0.25, 0.3) is 0 Å². The number of carbonyl (C=O) groups is 1. The van der Waals surface area contributed by atoms with Gasteiger partial charge >= 0.3 is 0 Å². The Hall–Kier alpha value is -1.92. The Kier molecular flexibility index (Phi) is 4.24. The molecule has 0 fully saturated rings. The molecule has 1 aromatic carbocycles. The molecule has 0 saturated carbocycles. The van der Waals surface area contributed by atoms with Gasteiger partial charge in [0.2, 0.25) is 5.91 Å². The molecule has 0 saturated heterocycles. The van der Waals surface area contributed by atoms with Crippen molar-refractivity contribution in [2.45, 2.75) is 26.3 Å². The molecular formula is C18H21N3O2S. The Morgan fingerprint density at radius 1 is 1.46 bits per heavy atom. The first-order chi connectivity index (χ1) is 11.7. The molecule has 1 aromatic heterocycles. The van der Waals surface area contributed by atoms with Crippen molar-refractivity contribution >= 4 is 22.4 Å². The van der Waals surface area contributed by atoms with Crippen LogP contribution in [0.1, 0.15) is 23.1 Å². The third-order valence-electron chi connectivity index (χ3n) is 4.74. The van der Waals surface area contributed by atoms with Gasteiger partial charge in [0.15, 0.2) is 5.13 Å². The van der Waals surface area contributed by atoms with E-state index < -0.39 is 0 Å². The van der Waals surface area contributed by atoms with Gasteiger partial charge in [0.1, 0.15) is 12.4 Å². The lowest BCUT2D eigenvalue weighted by Gasteiger charge is -2.24. The summed E-state index contributed by atoms with van der Waals surface area (Å²) in [6, 6.07) is 7.92. The molecule has 1 N–H and O–H groups in total. The molecule has 24 heavy (non-hydrogen) atoms. The molecule has 3 heterocycles. The Balaban J connectivity index is 1.43. The number of benzene rings is 1. The predicted octanol–water partition coefficient (Wildman–Crippen LogP) is 2.71. The molecular weight excluding hydrogens is 322 g/mol. The van der Waals surface area contributed by atoms with Gasteiger partial charge in [-0.15, -0.1) is 11.3 Å². The lowest BCUT2D eigenvalue weighted by atomic mass is 9.96. The van der Waals surface area contributed by atoms with Gasteiger partial charge < -0.3 is 10.1 Å². The van der Waals surface area contributed by atoms with Crippen molar-refractivity contribution in [3.8, 4) is 5.75 Å². The maximum atomic E-state index is 12.6. The summed E-state index contributed by atoms with van der Waals surface area (Å²) in [7, 11) is 0. The van der Waals surface area contributed by atoms with Crippen molar-refractivity contribution in [3.05, 3.63) is 40.4 Å². The average molecular weight is 343 g/mol. The number of anilines is 1. The number of ether oxygens (including phenoxy) is 1. The molecule has 6 heteroatoms. The van der Waals surface area contributed by atoms with Crippen LogP contribution in [0.4, 0.5) is 5.13 Å². The quantitative estimate of drug-likeness (QED) is 0.931. The molecule has 5 nitrogen and oxygen atoms in total. The number of aromatic nitrogens is 1. The fraction of sp³-hybridized carbons (Fsp3) is 0.444. The van der Waals surface area contributed by atoms with E-state index in [2.05, 4.69) is 22.1 Å². The van der Waals surface area contributed by atoms with Gasteiger partial charge in [0, 0.05) is 24.4 Å². The van der Waals surface area contributed by atoms with Crippen LogP contribution < -0.4 is 10.1 Å². The van der Waals surface area contributed by atoms with E-state index in [9.17, 15) is 4.79 Å². The molecule has 1 amide bonds. The van der Waals surface area contributed by atoms with Crippen molar-refractivity contribution in [3.63, 3.8) is 0 Å². The topological polar surface area (TPSA) is 54.5 Å². The van der Waals surface area contributed by atoms with Crippen molar-refractivity contribution in [1.29, 1.82) is 0 Å². The fourth-order valence-electron chi connectivity index (χ4n) is 3.28. The number of nitrogens with zero attached hydrogens (tertiary/aromatic N) is 2. The lowest BCUT2D eigenvalue weighted by Crippen LogP contribution is -2.32. The smallest absolute Gasteiger partial charge is 0.233 e. The first kappa shape index (κ1) is 15.6. The van der Waals surface area contributed by atoms with Crippen LogP contribution in [-0.4, -0.2) is 35.5 Å². The molecule has 0 unspecified atom stereocenters. The first-order valence-corrected chi connectivity index (χ1v) is 9.27. The van der Waals surface area contributed by atoms with E-state index in [-0.39, 0.29) is 11.8 Å². The number of thiazole rings is 1. The fourth-order valence-corrected chi connectivity index (χ4v) is 4.33. The van der Waals surface area contributed by atoms with E-state index in [1.807, 2.05) is 24.3 Å². The molecule has 2 aliphatic heterocycles. The summed E-state index contributed by atoms with van der Waals surface area (Å²) in [5.41, 5.74) is 2.24. The van der Waals surface area contributed by atoms with Crippen molar-refractivity contribution in [2.24, 2.45) is 5.92 Å². The zero-order chi connectivity index (χ0) is 16.5. The third-order valence-corrected chi connectivity index (χ3v) is 5.74. The second-order valence-corrected chi connectivity index (χ2v) is 7.40. The Morgan fingerprint density at radius 3 is 3.21 bits per heavy atom. The number of rotatable bonds is 3. The molecule has 4 rings (SSSR count). The van der Waals surface area contributed by atoms with Gasteiger partial charge in [-0.3, -0.25) is 9.69 Å². The maximum Gasteiger partial charge on any atom is 0.233 e. The van der Waals surface area contributed by atoms with E-state index in [1.165, 1.54) is 4.88 Å². The Bertz CT molecular complexity index is 758. The second-order valence-electron chi connectivity index (χ2n) is 6.32. The maximum absolute atomic E-state index is 12.6. The van der Waals surface area contributed by atoms with Crippen LogP contribution >= 0.6 is 11.3 Å². The van der Waals surface area contributed by atoms with Gasteiger partial charge in [-0.05, 0) is 24.6 Å². The van der Waals surface area contributed by atoms with Crippen LogP contribution in [0.25, 0.3) is 0 Å². The van der Waals surface area contributed by atoms with Crippen molar-refractivity contribution < 1.29 is 9.53 Å². The van der Waals surface area contributed by atoms with Crippen LogP contribution in [0.5, 0.6) is 5.75 Å². The highest BCUT2D eigenvalue weighted by Gasteiger charge is 2.27. The number of para-hydroxylation sites is 1. The molecule has 2 aliphatic rings. The van der Waals surface area contributed by atoms with E-state index in [0.717, 1.165) is 54.6 Å². The summed E-state index contributed by atoms with van der Waals surface area (Å²) in [5, 5.41) is 3.73. The number of hydrogen-bond acceptors (Lipinski definition) is 5. The van der Waals surface area contributed by atoms with Crippen LogP contribution in [0, 0.1) is 5.92 Å². The average Bonchev–Trinajstić information content (AvgIpc) is 3.02. The first-order valence-electron chi connectivity index (χ1n) is 8.45. The second kappa shape index (κ2) is 6.53. The minimum atomic E-state index is -0.159. The minimum absolute atomic E-state index is 0.00273. The lowest BCUT2D eigenvalue weighted by molar-refractivity contribution is -0.121. The van der Waals surface area contributed by atoms with Gasteiger partial charge in [-0.1, -0.05) is 25.1 Å². The standard InChI is InChI=1S/C18H21N3O2S/c1-2-21-8-7-14-16(10-21)24-18(19-14)20-17(22)13-9-12-5-3-4-6-15(12)23-11-13/h3-6,13H,2,7-11H2,1H3,(H,19,20,22)/t13-/m0/s1. The van der Waals surface area contributed by atoms with Crippen LogP contribution in [0.15, 0.2) is 24.3 Å². The normalized spacial score (nSPS) is 20.0. The summed E-state index contributed by atoms with van der Waals surface area (Å²) in [4.78, 5) is 20.9. The Morgan fingerprint density at radius 2 is 2.33 bits per heavy atom. The van der Waals surface area contributed by atoms with E-state index >= 15 is 0 Å². The number of amides is 1. The van der Waals surface area contributed by atoms with Crippen molar-refractivity contribution in [2.75, 3.05) is 25.0 Å². The highest BCUT2D eigenvalue weighted by molar-refractivity contribution is 7.15. The van der Waals surface area contributed by atoms with E-state index in [0.29, 0.717) is 6.61 Å². The highest BCUT2D eigenvalue weighted by Crippen LogP contribution is 2.30. The van der Waals surface area contributed by atoms with E-state index in [1.54, 1.807) is 11.3 Å². The molecule has 0 radical (unpaired) electrons. The minimum Gasteiger partial charge on any atom is -0.492 e. The zero-order valence-corrected chi connectivity index (χ0v) is 14.6. The summed E-state index contributed by atoms with van der Waals surface area (Å²) < 4.78 is 5.72. The van der Waals surface area contributed by atoms with Crippen molar-refractivity contribution in [1.82, 2.24) is 9.88 Å². The third kappa shape index (κ3) is 3.03. The number of fused-ring (bicyclic) bond motifs is 2. The highest BCUT2D eigenvalue weighted by atomic mass is 32.1. The molecule has 1 atom stereocenters. The Labute approximate surface area is 145 Å². The summed E-state index contributed by atoms with van der Waals surface area (Å²) >= 11 is 1.61. The zero-order valence-electron chi connectivity index (χ0n) is 13.7. The summed E-state index contributed by atoms with van der Waals surface area (Å²) in [5.74, 6) is 0.738. The molecule has 0 spiro atoms.